The molecule has 0 unspecified atom stereocenters. The summed E-state index contributed by atoms with van der Waals surface area (Å²) in [5.74, 6) is 2.45. The zero-order valence-corrected chi connectivity index (χ0v) is 17.4. The predicted molar refractivity (Wildman–Crippen MR) is 113 cm³/mol. The average molecular weight is 379 g/mol. The topological polar surface area (TPSA) is 55.8 Å². The van der Waals surface area contributed by atoms with E-state index in [2.05, 4.69) is 31.7 Å². The molecule has 2 rings (SSSR count). The Morgan fingerprint density at radius 2 is 1.81 bits per heavy atom. The first-order chi connectivity index (χ1) is 13.2. The van der Waals surface area contributed by atoms with Crippen LogP contribution in [-0.2, 0) is 9.53 Å². The maximum absolute atomic E-state index is 8.97. The molecular weight excluding hydrogens is 340 g/mol. The summed E-state index contributed by atoms with van der Waals surface area (Å²) in [6.07, 6.45) is 8.89. The Bertz CT molecular complexity index is 493. The molecule has 1 fully saturated rings. The molecule has 0 heterocycles. The van der Waals surface area contributed by atoms with Crippen LogP contribution < -0.4 is 4.74 Å². The van der Waals surface area contributed by atoms with E-state index in [1.807, 2.05) is 13.7 Å². The first-order valence-corrected chi connectivity index (χ1v) is 9.85. The number of aryl methyl sites for hydroxylation is 1. The summed E-state index contributed by atoms with van der Waals surface area (Å²) < 4.78 is 11.0. The molecule has 1 saturated carbocycles. The van der Waals surface area contributed by atoms with Crippen LogP contribution in [0.5, 0.6) is 5.75 Å². The number of allylic oxidation sites excluding steroid dienone is 1. The van der Waals surface area contributed by atoms with E-state index in [9.17, 15) is 0 Å². The van der Waals surface area contributed by atoms with Crippen molar-refractivity contribution in [2.45, 2.75) is 58.3 Å². The predicted octanol–water partition coefficient (Wildman–Crippen LogP) is 5.07. The number of aliphatic hydroxyl groups is 1. The van der Waals surface area contributed by atoms with Gasteiger partial charge in [0.1, 0.15) is 19.1 Å². The first-order valence-electron chi connectivity index (χ1n) is 9.85. The van der Waals surface area contributed by atoms with Crippen molar-refractivity contribution < 1.29 is 19.4 Å². The number of aliphatic hydroxyl groups excluding tert-OH is 1. The van der Waals surface area contributed by atoms with Crippen molar-refractivity contribution in [2.24, 2.45) is 5.92 Å². The van der Waals surface area contributed by atoms with Gasteiger partial charge in [-0.05, 0) is 81.4 Å². The Hall–Kier alpha value is -1.65. The molecule has 1 aliphatic carbocycles. The number of ether oxygens (including phenoxy) is 2. The Balaban J connectivity index is 0.00000123. The van der Waals surface area contributed by atoms with Crippen LogP contribution in [0.25, 0.3) is 0 Å². The first kappa shape index (κ1) is 25.4. The number of carbonyl (C=O) groups excluding carboxylic acids is 1. The number of hydrogen-bond donors (Lipinski definition) is 1. The van der Waals surface area contributed by atoms with Gasteiger partial charge in [0.2, 0.25) is 0 Å². The summed E-state index contributed by atoms with van der Waals surface area (Å²) in [5.41, 5.74) is 2.61. The second kappa shape index (κ2) is 16.5. The SMILES string of the molecule is C=CC.C=O.COCCOc1cc(C)ccc1C1CCC(CCCO)CC1. The minimum atomic E-state index is 0.329. The van der Waals surface area contributed by atoms with E-state index in [0.29, 0.717) is 25.7 Å². The molecule has 0 radical (unpaired) electrons. The van der Waals surface area contributed by atoms with Crippen LogP contribution in [0.15, 0.2) is 30.9 Å². The molecule has 0 atom stereocenters. The van der Waals surface area contributed by atoms with Gasteiger partial charge in [-0.3, -0.25) is 0 Å². The van der Waals surface area contributed by atoms with E-state index in [4.69, 9.17) is 19.4 Å². The van der Waals surface area contributed by atoms with Crippen LogP contribution in [0.2, 0.25) is 0 Å². The maximum Gasteiger partial charge on any atom is 0.123 e. The van der Waals surface area contributed by atoms with E-state index < -0.39 is 0 Å². The third-order valence-corrected chi connectivity index (χ3v) is 4.77. The highest BCUT2D eigenvalue weighted by molar-refractivity contribution is 5.39. The normalized spacial score (nSPS) is 18.4. The van der Waals surface area contributed by atoms with Gasteiger partial charge in [-0.1, -0.05) is 18.2 Å². The van der Waals surface area contributed by atoms with Crippen molar-refractivity contribution in [3.8, 4) is 5.75 Å². The Labute approximate surface area is 165 Å². The Kier molecular flexibility index (Phi) is 15.5. The van der Waals surface area contributed by atoms with E-state index in [1.54, 1.807) is 13.2 Å². The molecule has 1 aliphatic rings. The Morgan fingerprint density at radius 1 is 1.19 bits per heavy atom. The minimum absolute atomic E-state index is 0.329. The highest BCUT2D eigenvalue weighted by atomic mass is 16.5. The Morgan fingerprint density at radius 3 is 2.37 bits per heavy atom. The smallest absolute Gasteiger partial charge is 0.123 e. The molecule has 0 spiro atoms. The van der Waals surface area contributed by atoms with Crippen LogP contribution in [0.1, 0.15) is 62.5 Å². The van der Waals surface area contributed by atoms with Gasteiger partial charge in [0, 0.05) is 13.7 Å². The van der Waals surface area contributed by atoms with Gasteiger partial charge in [-0.2, -0.15) is 0 Å². The lowest BCUT2D eigenvalue weighted by molar-refractivity contribution is -0.0979. The lowest BCUT2D eigenvalue weighted by atomic mass is 9.77. The molecule has 1 aromatic rings. The van der Waals surface area contributed by atoms with Crippen molar-refractivity contribution in [3.05, 3.63) is 42.0 Å². The quantitative estimate of drug-likeness (QED) is 0.506. The van der Waals surface area contributed by atoms with Gasteiger partial charge in [-0.15, -0.1) is 6.58 Å². The summed E-state index contributed by atoms with van der Waals surface area (Å²) in [7, 11) is 1.70. The second-order valence-corrected chi connectivity index (χ2v) is 6.87. The number of hydrogen-bond acceptors (Lipinski definition) is 4. The van der Waals surface area contributed by atoms with Gasteiger partial charge in [-0.25, -0.2) is 0 Å². The summed E-state index contributed by atoms with van der Waals surface area (Å²) in [5, 5.41) is 8.97. The van der Waals surface area contributed by atoms with Gasteiger partial charge < -0.3 is 19.4 Å². The molecule has 1 aromatic carbocycles. The molecule has 0 aliphatic heterocycles. The molecular formula is C23H38O4. The highest BCUT2D eigenvalue weighted by Crippen LogP contribution is 2.41. The molecule has 4 heteroatoms. The third-order valence-electron chi connectivity index (χ3n) is 4.77. The van der Waals surface area contributed by atoms with Crippen LogP contribution >= 0.6 is 0 Å². The largest absolute Gasteiger partial charge is 0.491 e. The molecule has 4 nitrogen and oxygen atoms in total. The molecule has 0 aromatic heterocycles. The van der Waals surface area contributed by atoms with Gasteiger partial charge in [0.15, 0.2) is 0 Å². The van der Waals surface area contributed by atoms with E-state index >= 15 is 0 Å². The molecule has 154 valence electrons. The van der Waals surface area contributed by atoms with Crippen LogP contribution in [0.4, 0.5) is 0 Å². The fourth-order valence-electron chi connectivity index (χ4n) is 3.48. The fourth-order valence-corrected chi connectivity index (χ4v) is 3.48. The minimum Gasteiger partial charge on any atom is -0.491 e. The van der Waals surface area contributed by atoms with Gasteiger partial charge >= 0.3 is 0 Å². The molecule has 0 bridgehead atoms. The van der Waals surface area contributed by atoms with Crippen LogP contribution in [-0.4, -0.2) is 38.8 Å². The monoisotopic (exact) mass is 378 g/mol. The standard InChI is InChI=1S/C19H30O3.C3H6.CH2O/c1-15-5-10-18(19(14-15)22-13-12-21-2)17-8-6-16(7-9-17)4-3-11-20;1-3-2;1-2/h5,10,14,16-17,20H,3-4,6-9,11-13H2,1-2H3;3H,1H2,2H3;1H2. The van der Waals surface area contributed by atoms with Crippen molar-refractivity contribution in [3.63, 3.8) is 0 Å². The van der Waals surface area contributed by atoms with Crippen molar-refractivity contribution in [1.29, 1.82) is 0 Å². The molecule has 0 amide bonds. The van der Waals surface area contributed by atoms with Crippen LogP contribution in [0.3, 0.4) is 0 Å². The second-order valence-electron chi connectivity index (χ2n) is 6.87. The zero-order chi connectivity index (χ0) is 20.5. The third kappa shape index (κ3) is 10.3. The highest BCUT2D eigenvalue weighted by Gasteiger charge is 2.24. The molecule has 0 saturated heterocycles. The van der Waals surface area contributed by atoms with E-state index in [1.165, 1.54) is 43.2 Å². The van der Waals surface area contributed by atoms with E-state index in [-0.39, 0.29) is 0 Å². The summed E-state index contributed by atoms with van der Waals surface area (Å²) >= 11 is 0. The zero-order valence-electron chi connectivity index (χ0n) is 17.4. The van der Waals surface area contributed by atoms with Crippen molar-refractivity contribution in [1.82, 2.24) is 0 Å². The number of rotatable bonds is 8. The summed E-state index contributed by atoms with van der Waals surface area (Å²) in [6.45, 7) is 10.9. The summed E-state index contributed by atoms with van der Waals surface area (Å²) in [6, 6.07) is 6.59. The summed E-state index contributed by atoms with van der Waals surface area (Å²) in [4.78, 5) is 8.00. The van der Waals surface area contributed by atoms with Crippen LogP contribution in [0, 0.1) is 12.8 Å². The van der Waals surface area contributed by atoms with Gasteiger partial charge in [0.25, 0.3) is 0 Å². The number of benzene rings is 1. The fraction of sp³-hybridized carbons (Fsp3) is 0.609. The van der Waals surface area contributed by atoms with Crippen molar-refractivity contribution >= 4 is 6.79 Å². The van der Waals surface area contributed by atoms with Crippen molar-refractivity contribution in [2.75, 3.05) is 26.9 Å². The lowest BCUT2D eigenvalue weighted by Crippen LogP contribution is -2.15. The van der Waals surface area contributed by atoms with E-state index in [0.717, 1.165) is 18.1 Å². The number of methoxy groups -OCH3 is 1. The average Bonchev–Trinajstić information content (AvgIpc) is 2.69. The molecule has 1 N–H and O–H groups in total. The lowest BCUT2D eigenvalue weighted by Gasteiger charge is -2.30. The number of carbonyl (C=O) groups is 1. The maximum atomic E-state index is 8.97. The van der Waals surface area contributed by atoms with Gasteiger partial charge in [0.05, 0.1) is 6.61 Å². The molecule has 27 heavy (non-hydrogen) atoms.